The summed E-state index contributed by atoms with van der Waals surface area (Å²) in [6.07, 6.45) is 3.14. The van der Waals surface area contributed by atoms with Crippen LogP contribution in [0, 0.1) is 0 Å². The number of H-pyrrole nitrogens is 1. The number of nitrogens with zero attached hydrogens (tertiary/aromatic N) is 3. The number of anilines is 1. The second-order valence-electron chi connectivity index (χ2n) is 6.93. The van der Waals surface area contributed by atoms with Gasteiger partial charge in [0.25, 0.3) is 5.56 Å². The summed E-state index contributed by atoms with van der Waals surface area (Å²) in [6.45, 7) is 1.45. The summed E-state index contributed by atoms with van der Waals surface area (Å²) < 4.78 is 7.14. The van der Waals surface area contributed by atoms with E-state index in [-0.39, 0.29) is 11.4 Å². The number of aromatic amines is 1. The molecule has 2 aromatic heterocycles. The third kappa shape index (κ3) is 2.82. The molecule has 7 nitrogen and oxygen atoms in total. The third-order valence-electron chi connectivity index (χ3n) is 5.15. The number of aromatic nitrogens is 3. The summed E-state index contributed by atoms with van der Waals surface area (Å²) in [5.74, 6) is 0.634. The van der Waals surface area contributed by atoms with E-state index in [1.807, 2.05) is 25.2 Å². The Bertz CT molecular complexity index is 1300. The lowest BCUT2D eigenvalue weighted by atomic mass is 10.0. The van der Waals surface area contributed by atoms with E-state index < -0.39 is 5.56 Å². The number of halogens is 1. The summed E-state index contributed by atoms with van der Waals surface area (Å²) >= 11 is 6.52. The predicted octanol–water partition coefficient (Wildman–Crippen LogP) is 3.57. The Kier molecular flexibility index (Phi) is 3.99. The van der Waals surface area contributed by atoms with E-state index in [1.54, 1.807) is 30.6 Å². The lowest BCUT2D eigenvalue weighted by molar-refractivity contribution is 0.311. The molecule has 146 valence electrons. The molecule has 4 aromatic rings. The van der Waals surface area contributed by atoms with Crippen LogP contribution in [0.5, 0.6) is 11.5 Å². The van der Waals surface area contributed by atoms with Crippen molar-refractivity contribution in [2.45, 2.75) is 0 Å². The van der Waals surface area contributed by atoms with Crippen molar-refractivity contribution in [2.24, 2.45) is 0 Å². The Morgan fingerprint density at radius 1 is 1.28 bits per heavy atom. The minimum absolute atomic E-state index is 0.0613. The van der Waals surface area contributed by atoms with Gasteiger partial charge in [0.1, 0.15) is 12.4 Å². The highest BCUT2D eigenvalue weighted by atomic mass is 35.5. The number of aromatic hydroxyl groups is 1. The van der Waals surface area contributed by atoms with Gasteiger partial charge in [-0.2, -0.15) is 5.10 Å². The van der Waals surface area contributed by atoms with Crippen molar-refractivity contribution in [3.05, 3.63) is 64.2 Å². The van der Waals surface area contributed by atoms with Crippen molar-refractivity contribution in [2.75, 3.05) is 25.1 Å². The highest BCUT2D eigenvalue weighted by molar-refractivity contribution is 6.34. The molecule has 0 atom stereocenters. The van der Waals surface area contributed by atoms with Crippen LogP contribution >= 0.6 is 11.6 Å². The molecule has 0 saturated carbocycles. The number of fused-ring (bicyclic) bond motifs is 2. The van der Waals surface area contributed by atoms with Gasteiger partial charge >= 0.3 is 0 Å². The van der Waals surface area contributed by atoms with Gasteiger partial charge in [-0.15, -0.1) is 0 Å². The molecule has 5 rings (SSSR count). The molecule has 1 aliphatic rings. The molecule has 8 heteroatoms. The van der Waals surface area contributed by atoms with Crippen LogP contribution in [-0.2, 0) is 0 Å². The van der Waals surface area contributed by atoms with Gasteiger partial charge in [0.05, 0.1) is 22.8 Å². The van der Waals surface area contributed by atoms with Crippen molar-refractivity contribution < 1.29 is 9.84 Å². The first-order chi connectivity index (χ1) is 14.0. The van der Waals surface area contributed by atoms with Crippen LogP contribution in [0.4, 0.5) is 5.69 Å². The molecule has 2 N–H and O–H groups in total. The first kappa shape index (κ1) is 17.6. The SMILES string of the molecule is CN1CCOc2cc(-c3cc4c(O)c(-n5cccn5)c(=O)[nH]c4cc3Cl)ccc21. The van der Waals surface area contributed by atoms with E-state index in [1.165, 1.54) is 4.68 Å². The number of pyridine rings is 1. The predicted molar refractivity (Wildman–Crippen MR) is 113 cm³/mol. The van der Waals surface area contributed by atoms with Gasteiger partial charge in [0, 0.05) is 30.4 Å². The fraction of sp³-hybridized carbons (Fsp3) is 0.143. The van der Waals surface area contributed by atoms with Crippen LogP contribution in [-0.4, -0.2) is 40.1 Å². The third-order valence-corrected chi connectivity index (χ3v) is 5.46. The number of likely N-dealkylation sites (N-methyl/N-ethyl adjacent to an activating group) is 1. The molecule has 0 radical (unpaired) electrons. The van der Waals surface area contributed by atoms with Crippen LogP contribution in [0.1, 0.15) is 0 Å². The van der Waals surface area contributed by atoms with E-state index >= 15 is 0 Å². The zero-order valence-electron chi connectivity index (χ0n) is 15.5. The molecule has 2 aromatic carbocycles. The average molecular weight is 409 g/mol. The van der Waals surface area contributed by atoms with E-state index in [9.17, 15) is 9.90 Å². The highest BCUT2D eigenvalue weighted by Crippen LogP contribution is 2.40. The van der Waals surface area contributed by atoms with E-state index in [0.717, 1.165) is 29.1 Å². The number of benzene rings is 2. The van der Waals surface area contributed by atoms with E-state index in [4.69, 9.17) is 16.3 Å². The van der Waals surface area contributed by atoms with Crippen molar-refractivity contribution in [3.63, 3.8) is 0 Å². The number of hydrogen-bond donors (Lipinski definition) is 2. The Morgan fingerprint density at radius 3 is 2.93 bits per heavy atom. The minimum atomic E-state index is -0.451. The Labute approximate surface area is 170 Å². The van der Waals surface area contributed by atoms with Crippen LogP contribution in [0.2, 0.25) is 5.02 Å². The standard InChI is InChI=1S/C21H17ClN4O3/c1-25-7-8-29-18-9-12(3-4-17(18)25)13-10-14-16(11-15(13)22)24-21(28)19(20(14)27)26-6-2-5-23-26/h2-6,9-11H,7-8H2,1H3,(H2,24,27,28). The summed E-state index contributed by atoms with van der Waals surface area (Å²) in [4.78, 5) is 17.4. The maximum Gasteiger partial charge on any atom is 0.278 e. The van der Waals surface area contributed by atoms with Crippen molar-refractivity contribution >= 4 is 28.2 Å². The van der Waals surface area contributed by atoms with Gasteiger partial charge in [0.15, 0.2) is 11.4 Å². The Morgan fingerprint density at radius 2 is 2.14 bits per heavy atom. The fourth-order valence-corrected chi connectivity index (χ4v) is 3.92. The lowest BCUT2D eigenvalue weighted by Gasteiger charge is -2.28. The smallest absolute Gasteiger partial charge is 0.278 e. The van der Waals surface area contributed by atoms with Crippen molar-refractivity contribution in [1.82, 2.24) is 14.8 Å². The molecular weight excluding hydrogens is 392 g/mol. The molecule has 0 bridgehead atoms. The second kappa shape index (κ2) is 6.56. The van der Waals surface area contributed by atoms with Gasteiger partial charge in [-0.1, -0.05) is 17.7 Å². The first-order valence-electron chi connectivity index (χ1n) is 9.10. The zero-order valence-corrected chi connectivity index (χ0v) is 16.3. The van der Waals surface area contributed by atoms with Gasteiger partial charge in [0.2, 0.25) is 0 Å². The van der Waals surface area contributed by atoms with E-state index in [0.29, 0.717) is 22.5 Å². The van der Waals surface area contributed by atoms with Crippen LogP contribution in [0.15, 0.2) is 53.6 Å². The minimum Gasteiger partial charge on any atom is -0.505 e. The number of nitrogens with one attached hydrogen (secondary N) is 1. The van der Waals surface area contributed by atoms with Crippen LogP contribution < -0.4 is 15.2 Å². The normalized spacial score (nSPS) is 13.4. The largest absolute Gasteiger partial charge is 0.505 e. The maximum atomic E-state index is 12.5. The number of ether oxygens (including phenoxy) is 1. The average Bonchev–Trinajstić information content (AvgIpc) is 3.22. The van der Waals surface area contributed by atoms with Gasteiger partial charge < -0.3 is 19.7 Å². The topological polar surface area (TPSA) is 83.4 Å². The molecule has 0 unspecified atom stereocenters. The van der Waals surface area contributed by atoms with Crippen LogP contribution in [0.25, 0.3) is 27.7 Å². The molecule has 0 aliphatic carbocycles. The fourth-order valence-electron chi connectivity index (χ4n) is 3.65. The Hall–Kier alpha value is -3.45. The molecule has 1 aliphatic heterocycles. The zero-order chi connectivity index (χ0) is 20.1. The first-order valence-corrected chi connectivity index (χ1v) is 9.47. The molecule has 0 spiro atoms. The number of rotatable bonds is 2. The van der Waals surface area contributed by atoms with Crippen molar-refractivity contribution in [1.29, 1.82) is 0 Å². The van der Waals surface area contributed by atoms with Crippen molar-refractivity contribution in [3.8, 4) is 28.3 Å². The summed E-state index contributed by atoms with van der Waals surface area (Å²) in [6, 6.07) is 11.0. The van der Waals surface area contributed by atoms with Crippen LogP contribution in [0.3, 0.4) is 0 Å². The van der Waals surface area contributed by atoms with Gasteiger partial charge in [-0.05, 0) is 35.9 Å². The molecular formula is C21H17ClN4O3. The molecule has 3 heterocycles. The lowest BCUT2D eigenvalue weighted by Crippen LogP contribution is -2.28. The molecule has 29 heavy (non-hydrogen) atoms. The maximum absolute atomic E-state index is 12.5. The quantitative estimate of drug-likeness (QED) is 0.529. The Balaban J connectivity index is 1.71. The second-order valence-corrected chi connectivity index (χ2v) is 7.34. The monoisotopic (exact) mass is 408 g/mol. The van der Waals surface area contributed by atoms with E-state index in [2.05, 4.69) is 15.0 Å². The summed E-state index contributed by atoms with van der Waals surface area (Å²) in [5.41, 5.74) is 2.67. The van der Waals surface area contributed by atoms with Gasteiger partial charge in [-0.25, -0.2) is 4.68 Å². The summed E-state index contributed by atoms with van der Waals surface area (Å²) in [5, 5.41) is 15.8. The summed E-state index contributed by atoms with van der Waals surface area (Å²) in [7, 11) is 2.02. The molecule has 0 saturated heterocycles. The molecule has 0 fully saturated rings. The van der Waals surface area contributed by atoms with Gasteiger partial charge in [-0.3, -0.25) is 4.79 Å². The highest BCUT2D eigenvalue weighted by Gasteiger charge is 2.19. The number of hydrogen-bond acceptors (Lipinski definition) is 5. The molecule has 0 amide bonds.